The molecule has 2 heteroatoms. The number of rotatable bonds is 2. The van der Waals surface area contributed by atoms with Gasteiger partial charge < -0.3 is 5.11 Å². The number of phenolic OH excluding ortho intramolecular Hbond substituents is 1. The summed E-state index contributed by atoms with van der Waals surface area (Å²) in [6.45, 7) is 19.4. The Labute approximate surface area is 138 Å². The van der Waals surface area contributed by atoms with Crippen molar-refractivity contribution in [2.45, 2.75) is 83.7 Å². The average Bonchev–Trinajstić information content (AvgIpc) is 2.31. The molecule has 1 rings (SSSR count). The SMILES string of the molecule is C[CH2][AlH][CH2]C.Cc1cc(C(C)(C)C)c(O)c(C(C)(C)C)c1. The summed E-state index contributed by atoms with van der Waals surface area (Å²) in [4.78, 5) is 0. The number of phenols is 1. The van der Waals surface area contributed by atoms with Crippen LogP contribution in [0.4, 0.5) is 0 Å². The van der Waals surface area contributed by atoms with Crippen molar-refractivity contribution in [1.82, 2.24) is 0 Å². The first-order valence-corrected chi connectivity index (χ1v) is 10.3. The third-order valence-corrected chi connectivity index (χ3v) is 4.99. The van der Waals surface area contributed by atoms with Crippen LogP contribution in [-0.2, 0) is 10.8 Å². The summed E-state index contributed by atoms with van der Waals surface area (Å²) in [5, 5.41) is 13.3. The Kier molecular flexibility index (Phi) is 8.08. The highest BCUT2D eigenvalue weighted by Gasteiger charge is 2.25. The molecule has 0 amide bonds. The fraction of sp³-hybridized carbons (Fsp3) is 0.684. The minimum absolute atomic E-state index is 0.0178. The number of aromatic hydroxyl groups is 1. The van der Waals surface area contributed by atoms with Crippen molar-refractivity contribution >= 4 is 15.2 Å². The van der Waals surface area contributed by atoms with E-state index in [1.165, 1.54) is 16.1 Å². The maximum absolute atomic E-state index is 10.4. The van der Waals surface area contributed by atoms with Gasteiger partial charge in [-0.1, -0.05) is 73.1 Å². The fourth-order valence-electron chi connectivity index (χ4n) is 2.28. The molecular weight excluding hydrogens is 271 g/mol. The Bertz CT molecular complexity index is 399. The molecule has 1 aromatic rings. The second-order valence-electron chi connectivity index (χ2n) is 8.06. The predicted octanol–water partition coefficient (Wildman–Crippen LogP) is 5.59. The van der Waals surface area contributed by atoms with Crippen LogP contribution in [0.25, 0.3) is 0 Å². The Morgan fingerprint density at radius 1 is 0.857 bits per heavy atom. The molecule has 0 spiro atoms. The van der Waals surface area contributed by atoms with Crippen LogP contribution < -0.4 is 0 Å². The van der Waals surface area contributed by atoms with E-state index in [0.29, 0.717) is 21.0 Å². The molecule has 0 aromatic heterocycles. The van der Waals surface area contributed by atoms with E-state index in [4.69, 9.17) is 0 Å². The van der Waals surface area contributed by atoms with Gasteiger partial charge in [0.1, 0.15) is 5.75 Å². The van der Waals surface area contributed by atoms with Gasteiger partial charge >= 0.3 is 0 Å². The van der Waals surface area contributed by atoms with Crippen LogP contribution in [-0.4, -0.2) is 20.3 Å². The van der Waals surface area contributed by atoms with Gasteiger partial charge in [-0.2, -0.15) is 0 Å². The first-order chi connectivity index (χ1) is 9.45. The average molecular weight is 306 g/mol. The molecule has 0 unspecified atom stereocenters. The summed E-state index contributed by atoms with van der Waals surface area (Å²) >= 11 is 0.432. The monoisotopic (exact) mass is 306 g/mol. The lowest BCUT2D eigenvalue weighted by atomic mass is 9.78. The van der Waals surface area contributed by atoms with Gasteiger partial charge in [0, 0.05) is 0 Å². The van der Waals surface area contributed by atoms with Crippen LogP contribution in [0.15, 0.2) is 12.1 Å². The molecule has 0 atom stereocenters. The number of hydrogen-bond donors (Lipinski definition) is 1. The van der Waals surface area contributed by atoms with E-state index in [9.17, 15) is 5.11 Å². The lowest BCUT2D eigenvalue weighted by Crippen LogP contribution is -2.17. The zero-order chi connectivity index (χ0) is 16.8. The maximum Gasteiger partial charge on any atom is 0.236 e. The second-order valence-corrected chi connectivity index (χ2v) is 10.8. The van der Waals surface area contributed by atoms with E-state index >= 15 is 0 Å². The maximum atomic E-state index is 10.4. The molecule has 1 aromatic carbocycles. The lowest BCUT2D eigenvalue weighted by Gasteiger charge is -2.27. The quantitative estimate of drug-likeness (QED) is 0.706. The molecule has 21 heavy (non-hydrogen) atoms. The van der Waals surface area contributed by atoms with Crippen LogP contribution in [0.5, 0.6) is 5.75 Å². The van der Waals surface area contributed by atoms with Crippen LogP contribution in [0, 0.1) is 6.92 Å². The van der Waals surface area contributed by atoms with Gasteiger partial charge in [0.2, 0.25) is 15.2 Å². The fourth-order valence-corrected chi connectivity index (χ4v) is 2.98. The van der Waals surface area contributed by atoms with Crippen LogP contribution >= 0.6 is 0 Å². The number of aryl methyl sites for hydroxylation is 1. The second kappa shape index (κ2) is 8.26. The smallest absolute Gasteiger partial charge is 0.236 e. The molecule has 1 N–H and O–H groups in total. The molecule has 0 aliphatic rings. The van der Waals surface area contributed by atoms with Crippen molar-refractivity contribution in [2.75, 3.05) is 0 Å². The summed E-state index contributed by atoms with van der Waals surface area (Å²) in [6, 6.07) is 4.18. The zero-order valence-corrected chi connectivity index (χ0v) is 17.1. The van der Waals surface area contributed by atoms with Crippen LogP contribution in [0.3, 0.4) is 0 Å². The van der Waals surface area contributed by atoms with Crippen LogP contribution in [0.1, 0.15) is 72.1 Å². The van der Waals surface area contributed by atoms with Crippen molar-refractivity contribution in [3.8, 4) is 5.75 Å². The van der Waals surface area contributed by atoms with Crippen molar-refractivity contribution < 1.29 is 5.11 Å². The van der Waals surface area contributed by atoms with Gasteiger partial charge in [0.15, 0.2) is 0 Å². The minimum atomic E-state index is -0.0178. The van der Waals surface area contributed by atoms with E-state index < -0.39 is 0 Å². The molecule has 0 saturated carbocycles. The third-order valence-electron chi connectivity index (χ3n) is 3.58. The molecule has 0 heterocycles. The zero-order valence-electron chi connectivity index (χ0n) is 15.7. The summed E-state index contributed by atoms with van der Waals surface area (Å²) in [5.74, 6) is 0.464. The first-order valence-electron chi connectivity index (χ1n) is 8.29. The van der Waals surface area contributed by atoms with Gasteiger partial charge in [0.25, 0.3) is 0 Å². The van der Waals surface area contributed by atoms with E-state index in [0.717, 1.165) is 11.1 Å². The van der Waals surface area contributed by atoms with Crippen molar-refractivity contribution in [1.29, 1.82) is 0 Å². The highest BCUT2D eigenvalue weighted by atomic mass is 27.1. The van der Waals surface area contributed by atoms with Crippen molar-refractivity contribution in [3.63, 3.8) is 0 Å². The standard InChI is InChI=1S/C15H24O.2C2H5.Al.H/c1-10-8-11(14(2,3)4)13(16)12(9-10)15(5,6)7;2*1-2;;/h8-9,16H,1-7H3;2*1H2,2H3;;. The van der Waals surface area contributed by atoms with Gasteiger partial charge in [-0.05, 0) is 28.9 Å². The van der Waals surface area contributed by atoms with E-state index in [1.807, 2.05) is 0 Å². The molecule has 0 saturated heterocycles. The van der Waals surface area contributed by atoms with Gasteiger partial charge in [0.05, 0.1) is 0 Å². The van der Waals surface area contributed by atoms with Crippen LogP contribution in [0.2, 0.25) is 10.6 Å². The molecule has 0 radical (unpaired) electrons. The summed E-state index contributed by atoms with van der Waals surface area (Å²) in [6.07, 6.45) is 0. The predicted molar refractivity (Wildman–Crippen MR) is 98.4 cm³/mol. The van der Waals surface area contributed by atoms with Gasteiger partial charge in [-0.3, -0.25) is 0 Å². The Balaban J connectivity index is 0.000000690. The molecule has 120 valence electrons. The molecule has 0 aliphatic heterocycles. The van der Waals surface area contributed by atoms with Crippen molar-refractivity contribution in [3.05, 3.63) is 28.8 Å². The molecule has 0 fully saturated rings. The Morgan fingerprint density at radius 2 is 1.19 bits per heavy atom. The molecule has 0 bridgehead atoms. The van der Waals surface area contributed by atoms with Crippen molar-refractivity contribution in [2.24, 2.45) is 0 Å². The highest BCUT2D eigenvalue weighted by molar-refractivity contribution is 6.34. The summed E-state index contributed by atoms with van der Waals surface area (Å²) < 4.78 is 0. The van der Waals surface area contributed by atoms with E-state index in [2.05, 4.69) is 74.4 Å². The first kappa shape index (κ1) is 20.6. The Hall–Kier alpha value is -0.448. The van der Waals surface area contributed by atoms with Gasteiger partial charge in [-0.25, -0.2) is 0 Å². The number of benzene rings is 1. The molecular formula is C19H35AlO. The summed E-state index contributed by atoms with van der Waals surface area (Å²) in [7, 11) is 0. The minimum Gasteiger partial charge on any atom is -0.507 e. The van der Waals surface area contributed by atoms with E-state index in [1.54, 1.807) is 0 Å². The number of hydrogen-bond acceptors (Lipinski definition) is 1. The molecule has 0 aliphatic carbocycles. The molecule has 1 nitrogen and oxygen atoms in total. The topological polar surface area (TPSA) is 20.2 Å². The van der Waals surface area contributed by atoms with Gasteiger partial charge in [-0.15, -0.1) is 10.6 Å². The Morgan fingerprint density at radius 3 is 1.38 bits per heavy atom. The normalized spacial score (nSPS) is 11.7. The summed E-state index contributed by atoms with van der Waals surface area (Å²) in [5.41, 5.74) is 3.26. The lowest BCUT2D eigenvalue weighted by molar-refractivity contribution is 0.423. The van der Waals surface area contributed by atoms with E-state index in [-0.39, 0.29) is 10.8 Å². The third kappa shape index (κ3) is 6.90. The largest absolute Gasteiger partial charge is 0.507 e. The highest BCUT2D eigenvalue weighted by Crippen LogP contribution is 2.39.